The van der Waals surface area contributed by atoms with Crippen LogP contribution in [0, 0.1) is 0 Å². The molecule has 3 aromatic rings. The number of nitrogens with zero attached hydrogens (tertiary/aromatic N) is 3. The second-order valence-electron chi connectivity index (χ2n) is 7.77. The monoisotopic (exact) mass is 406 g/mol. The third-order valence-corrected chi connectivity index (χ3v) is 6.05. The molecular formula is C22H22N4O4. The maximum absolute atomic E-state index is 13.4. The largest absolute Gasteiger partial charge is 0.453 e. The van der Waals surface area contributed by atoms with Crippen LogP contribution in [0.5, 0.6) is 0 Å². The lowest BCUT2D eigenvalue weighted by molar-refractivity contribution is -0.121. The highest BCUT2D eigenvalue weighted by Gasteiger charge is 2.59. The van der Waals surface area contributed by atoms with E-state index in [0.717, 1.165) is 16.8 Å². The van der Waals surface area contributed by atoms with E-state index in [1.807, 2.05) is 37.5 Å². The van der Waals surface area contributed by atoms with Crippen molar-refractivity contribution < 1.29 is 18.7 Å². The van der Waals surface area contributed by atoms with Crippen LogP contribution in [-0.4, -0.2) is 40.1 Å². The highest BCUT2D eigenvalue weighted by Crippen LogP contribution is 2.54. The number of fused-ring (bicyclic) bond motifs is 2. The van der Waals surface area contributed by atoms with E-state index in [1.54, 1.807) is 35.0 Å². The summed E-state index contributed by atoms with van der Waals surface area (Å²) in [6.07, 6.45) is 4.11. The van der Waals surface area contributed by atoms with Crippen LogP contribution in [0.3, 0.4) is 0 Å². The molecule has 1 fully saturated rings. The average molecular weight is 406 g/mol. The lowest BCUT2D eigenvalue weighted by atomic mass is 9.73. The van der Waals surface area contributed by atoms with Gasteiger partial charge in [0.25, 0.3) is 5.91 Å². The lowest BCUT2D eigenvalue weighted by Crippen LogP contribution is -2.42. The molecule has 2 atom stereocenters. The summed E-state index contributed by atoms with van der Waals surface area (Å²) < 4.78 is 12.5. The molecule has 4 heterocycles. The number of rotatable bonds is 4. The quantitative estimate of drug-likeness (QED) is 0.719. The molecule has 1 saturated heterocycles. The number of carbonyl (C=O) groups is 2. The van der Waals surface area contributed by atoms with Gasteiger partial charge >= 0.3 is 0 Å². The van der Waals surface area contributed by atoms with Crippen LogP contribution in [0.2, 0.25) is 0 Å². The van der Waals surface area contributed by atoms with Gasteiger partial charge in [-0.05, 0) is 30.2 Å². The summed E-state index contributed by atoms with van der Waals surface area (Å²) in [5.41, 5.74) is 1.67. The van der Waals surface area contributed by atoms with E-state index in [4.69, 9.17) is 9.15 Å². The Morgan fingerprint density at radius 1 is 1.33 bits per heavy atom. The van der Waals surface area contributed by atoms with Crippen molar-refractivity contribution in [3.8, 4) is 0 Å². The van der Waals surface area contributed by atoms with E-state index in [-0.39, 0.29) is 17.6 Å². The molecule has 2 aromatic heterocycles. The molecule has 1 spiro atoms. The normalized spacial score (nSPS) is 22.5. The van der Waals surface area contributed by atoms with Gasteiger partial charge in [-0.1, -0.05) is 18.2 Å². The number of likely N-dealkylation sites (tertiary alicyclic amines) is 1. The third kappa shape index (κ3) is 2.60. The van der Waals surface area contributed by atoms with E-state index in [9.17, 15) is 9.59 Å². The van der Waals surface area contributed by atoms with Gasteiger partial charge in [0.05, 0.1) is 12.2 Å². The summed E-state index contributed by atoms with van der Waals surface area (Å²) in [5.74, 6) is 0.476. The number of ether oxygens (including phenoxy) is 1. The zero-order chi connectivity index (χ0) is 20.9. The summed E-state index contributed by atoms with van der Waals surface area (Å²) >= 11 is 0. The van der Waals surface area contributed by atoms with E-state index in [1.165, 1.54) is 0 Å². The number of nitrogens with one attached hydrogen (secondary N) is 1. The number of amides is 2. The zero-order valence-electron chi connectivity index (χ0n) is 16.8. The molecule has 1 aromatic carbocycles. The lowest BCUT2D eigenvalue weighted by Gasteiger charge is -2.33. The highest BCUT2D eigenvalue weighted by molar-refractivity contribution is 6.08. The average Bonchev–Trinajstić information content (AvgIpc) is 3.50. The maximum atomic E-state index is 13.4. The number of aryl methyl sites for hydroxylation is 1. The second-order valence-corrected chi connectivity index (χ2v) is 7.77. The van der Waals surface area contributed by atoms with Crippen molar-refractivity contribution in [2.45, 2.75) is 24.5 Å². The molecule has 2 aliphatic heterocycles. The molecule has 0 aliphatic carbocycles. The van der Waals surface area contributed by atoms with Crippen molar-refractivity contribution in [3.05, 3.63) is 71.4 Å². The van der Waals surface area contributed by atoms with E-state index < -0.39 is 11.5 Å². The number of hydrogen-bond acceptors (Lipinski definition) is 5. The molecule has 30 heavy (non-hydrogen) atoms. The molecular weight excluding hydrogens is 384 g/mol. The molecule has 0 radical (unpaired) electrons. The van der Waals surface area contributed by atoms with Crippen molar-refractivity contribution in [2.75, 3.05) is 19.0 Å². The Kier molecular flexibility index (Phi) is 4.25. The highest BCUT2D eigenvalue weighted by atomic mass is 16.5. The molecule has 154 valence electrons. The molecule has 5 rings (SSSR count). The molecule has 8 nitrogen and oxygen atoms in total. The number of aromatic nitrogens is 2. The number of hydrogen-bond donors (Lipinski definition) is 1. The fourth-order valence-corrected chi connectivity index (χ4v) is 4.80. The zero-order valence-corrected chi connectivity index (χ0v) is 16.8. The van der Waals surface area contributed by atoms with Gasteiger partial charge in [-0.15, -0.1) is 0 Å². The van der Waals surface area contributed by atoms with Crippen LogP contribution in [0.4, 0.5) is 5.69 Å². The minimum atomic E-state index is -0.864. The van der Waals surface area contributed by atoms with Crippen LogP contribution < -0.4 is 5.32 Å². The number of para-hydroxylation sites is 1. The van der Waals surface area contributed by atoms with Gasteiger partial charge in [0.15, 0.2) is 5.76 Å². The maximum Gasteiger partial charge on any atom is 0.290 e. The predicted molar refractivity (Wildman–Crippen MR) is 108 cm³/mol. The third-order valence-electron chi connectivity index (χ3n) is 6.05. The smallest absolute Gasteiger partial charge is 0.290 e. The van der Waals surface area contributed by atoms with Crippen LogP contribution in [0.1, 0.15) is 39.9 Å². The number of furan rings is 1. The van der Waals surface area contributed by atoms with E-state index >= 15 is 0 Å². The first-order valence-electron chi connectivity index (χ1n) is 9.82. The summed E-state index contributed by atoms with van der Waals surface area (Å²) in [6, 6.07) is 10.6. The number of carbonyl (C=O) groups excluding carboxylic acids is 2. The van der Waals surface area contributed by atoms with Crippen LogP contribution in [-0.2, 0) is 28.6 Å². The Morgan fingerprint density at radius 3 is 2.93 bits per heavy atom. The summed E-state index contributed by atoms with van der Waals surface area (Å²) in [4.78, 5) is 28.5. The number of benzene rings is 1. The fourth-order valence-electron chi connectivity index (χ4n) is 4.80. The summed E-state index contributed by atoms with van der Waals surface area (Å²) in [5, 5.41) is 7.31. The van der Waals surface area contributed by atoms with Gasteiger partial charge < -0.3 is 19.4 Å². The molecule has 0 bridgehead atoms. The molecule has 1 N–H and O–H groups in total. The Labute approximate surface area is 173 Å². The van der Waals surface area contributed by atoms with Crippen molar-refractivity contribution >= 4 is 17.5 Å². The number of methoxy groups -OCH3 is 1. The topological polar surface area (TPSA) is 89.6 Å². The van der Waals surface area contributed by atoms with Gasteiger partial charge in [-0.2, -0.15) is 5.10 Å². The Balaban J connectivity index is 1.61. The first-order chi connectivity index (χ1) is 14.5. The Hall–Kier alpha value is -3.39. The van der Waals surface area contributed by atoms with Gasteiger partial charge in [0.2, 0.25) is 5.91 Å². The fraction of sp³-hybridized carbons (Fsp3) is 0.318. The first-order valence-corrected chi connectivity index (χ1v) is 9.82. The Morgan fingerprint density at radius 2 is 2.17 bits per heavy atom. The number of anilines is 1. The molecule has 2 amide bonds. The van der Waals surface area contributed by atoms with Crippen LogP contribution in [0.15, 0.2) is 53.2 Å². The van der Waals surface area contributed by atoms with Crippen molar-refractivity contribution in [2.24, 2.45) is 7.05 Å². The minimum Gasteiger partial charge on any atom is -0.453 e. The summed E-state index contributed by atoms with van der Waals surface area (Å²) in [6.45, 7) is 0.722. The van der Waals surface area contributed by atoms with E-state index in [0.29, 0.717) is 25.3 Å². The Bertz CT molecular complexity index is 1130. The standard InChI is InChI=1S/C22H22N4O4/c1-25-12-14(11-23-25)19-22(16-5-3-4-6-17(16)24-21(22)28)9-10-26(19)20(27)18-8-7-15(30-18)13-29-2/h3-8,11-12,19H,9-10,13H2,1-2H3,(H,24,28). The van der Waals surface area contributed by atoms with Gasteiger partial charge in [-0.3, -0.25) is 14.3 Å². The molecule has 2 aliphatic rings. The summed E-state index contributed by atoms with van der Waals surface area (Å²) in [7, 11) is 3.40. The van der Waals surface area contributed by atoms with Crippen molar-refractivity contribution in [3.63, 3.8) is 0 Å². The van der Waals surface area contributed by atoms with E-state index in [2.05, 4.69) is 10.4 Å². The van der Waals surface area contributed by atoms with Crippen molar-refractivity contribution in [1.29, 1.82) is 0 Å². The molecule has 0 saturated carbocycles. The van der Waals surface area contributed by atoms with Crippen LogP contribution in [0.25, 0.3) is 0 Å². The first kappa shape index (κ1) is 18.6. The SMILES string of the molecule is COCc1ccc(C(=O)N2CCC3(C(=O)Nc4ccccc43)C2c2cnn(C)c2)o1. The molecule has 8 heteroatoms. The van der Waals surface area contributed by atoms with Gasteiger partial charge in [-0.25, -0.2) is 0 Å². The molecule has 2 unspecified atom stereocenters. The van der Waals surface area contributed by atoms with Crippen molar-refractivity contribution in [1.82, 2.24) is 14.7 Å². The van der Waals surface area contributed by atoms with Gasteiger partial charge in [0, 0.05) is 38.1 Å². The predicted octanol–water partition coefficient (Wildman–Crippen LogP) is 2.64. The second kappa shape index (κ2) is 6.84. The van der Waals surface area contributed by atoms with Gasteiger partial charge in [0.1, 0.15) is 17.8 Å². The van der Waals surface area contributed by atoms with Crippen LogP contribution >= 0.6 is 0 Å². The minimum absolute atomic E-state index is 0.0904.